The summed E-state index contributed by atoms with van der Waals surface area (Å²) in [5, 5.41) is 11.3. The highest BCUT2D eigenvalue weighted by atomic mass is 32.2. The van der Waals surface area contributed by atoms with Gasteiger partial charge < -0.3 is 9.73 Å². The first-order valence-electron chi connectivity index (χ1n) is 9.38. The van der Waals surface area contributed by atoms with Gasteiger partial charge in [0.05, 0.1) is 5.25 Å². The summed E-state index contributed by atoms with van der Waals surface area (Å²) in [5.74, 6) is 0.823. The van der Waals surface area contributed by atoms with Gasteiger partial charge >= 0.3 is 0 Å². The highest BCUT2D eigenvalue weighted by Gasteiger charge is 2.19. The first-order valence-corrected chi connectivity index (χ1v) is 10.3. The van der Waals surface area contributed by atoms with E-state index in [4.69, 9.17) is 4.42 Å². The highest BCUT2D eigenvalue weighted by molar-refractivity contribution is 8.00. The van der Waals surface area contributed by atoms with Crippen molar-refractivity contribution in [2.45, 2.75) is 50.1 Å². The standard InChI is InChI=1S/C22H25N3O2S/c1-15-9-11-18(12-10-15)14-23-21(26)17(3)28-22-25-24-20(27-22)13-16(2)19-7-5-4-6-8-19/h4-12,16-17H,13-14H2,1-3H3,(H,23,26). The molecule has 0 radical (unpaired) electrons. The molecule has 1 aromatic heterocycles. The van der Waals surface area contributed by atoms with Crippen LogP contribution in [0.2, 0.25) is 0 Å². The van der Waals surface area contributed by atoms with Crippen LogP contribution in [-0.4, -0.2) is 21.4 Å². The number of hydrogen-bond acceptors (Lipinski definition) is 5. The van der Waals surface area contributed by atoms with Crippen LogP contribution in [0.25, 0.3) is 0 Å². The van der Waals surface area contributed by atoms with Crippen molar-refractivity contribution in [2.75, 3.05) is 0 Å². The summed E-state index contributed by atoms with van der Waals surface area (Å²) in [6, 6.07) is 18.4. The Morgan fingerprint density at radius 2 is 1.79 bits per heavy atom. The first-order chi connectivity index (χ1) is 13.5. The van der Waals surface area contributed by atoms with Crippen LogP contribution in [0.1, 0.15) is 42.3 Å². The highest BCUT2D eigenvalue weighted by Crippen LogP contribution is 2.25. The maximum absolute atomic E-state index is 12.3. The van der Waals surface area contributed by atoms with E-state index in [9.17, 15) is 4.79 Å². The van der Waals surface area contributed by atoms with E-state index in [1.54, 1.807) is 0 Å². The van der Waals surface area contributed by atoms with Crippen LogP contribution in [0, 0.1) is 6.92 Å². The van der Waals surface area contributed by atoms with Crippen molar-refractivity contribution in [2.24, 2.45) is 0 Å². The zero-order chi connectivity index (χ0) is 19.9. The molecule has 1 amide bonds. The molecule has 0 aliphatic heterocycles. The minimum Gasteiger partial charge on any atom is -0.416 e. The Bertz CT molecular complexity index is 894. The molecule has 0 spiro atoms. The molecule has 0 fully saturated rings. The Hall–Kier alpha value is -2.60. The molecule has 0 bridgehead atoms. The summed E-state index contributed by atoms with van der Waals surface area (Å²) in [7, 11) is 0. The minimum absolute atomic E-state index is 0.0528. The van der Waals surface area contributed by atoms with Gasteiger partial charge in [0.25, 0.3) is 5.22 Å². The van der Waals surface area contributed by atoms with E-state index >= 15 is 0 Å². The maximum atomic E-state index is 12.3. The topological polar surface area (TPSA) is 68.0 Å². The lowest BCUT2D eigenvalue weighted by Crippen LogP contribution is -2.30. The largest absolute Gasteiger partial charge is 0.416 e. The van der Waals surface area contributed by atoms with Crippen molar-refractivity contribution >= 4 is 17.7 Å². The van der Waals surface area contributed by atoms with Gasteiger partial charge in [0.2, 0.25) is 11.8 Å². The number of thioether (sulfide) groups is 1. The lowest BCUT2D eigenvalue weighted by atomic mass is 9.98. The molecule has 2 atom stereocenters. The molecule has 6 heteroatoms. The summed E-state index contributed by atoms with van der Waals surface area (Å²) in [4.78, 5) is 12.3. The molecule has 1 N–H and O–H groups in total. The molecule has 0 aliphatic rings. The van der Waals surface area contributed by atoms with Gasteiger partial charge in [-0.25, -0.2) is 0 Å². The van der Waals surface area contributed by atoms with E-state index in [1.165, 1.54) is 22.9 Å². The van der Waals surface area contributed by atoms with Gasteiger partial charge in [0.15, 0.2) is 0 Å². The third-order valence-electron chi connectivity index (χ3n) is 4.53. The number of rotatable bonds is 8. The van der Waals surface area contributed by atoms with Crippen LogP contribution in [0.15, 0.2) is 64.2 Å². The van der Waals surface area contributed by atoms with Crippen LogP contribution in [0.4, 0.5) is 0 Å². The number of nitrogens with zero attached hydrogens (tertiary/aromatic N) is 2. The van der Waals surface area contributed by atoms with Gasteiger partial charge in [-0.05, 0) is 30.9 Å². The van der Waals surface area contributed by atoms with Gasteiger partial charge in [0, 0.05) is 13.0 Å². The fourth-order valence-electron chi connectivity index (χ4n) is 2.77. The smallest absolute Gasteiger partial charge is 0.277 e. The van der Waals surface area contributed by atoms with Gasteiger partial charge in [-0.2, -0.15) is 0 Å². The average molecular weight is 396 g/mol. The second-order valence-corrected chi connectivity index (χ2v) is 8.23. The zero-order valence-corrected chi connectivity index (χ0v) is 17.2. The van der Waals surface area contributed by atoms with Crippen molar-refractivity contribution in [3.05, 3.63) is 77.2 Å². The summed E-state index contributed by atoms with van der Waals surface area (Å²) in [6.45, 7) is 6.52. The minimum atomic E-state index is -0.315. The number of nitrogens with one attached hydrogen (secondary N) is 1. The second-order valence-electron chi connectivity index (χ2n) is 6.94. The monoisotopic (exact) mass is 395 g/mol. The maximum Gasteiger partial charge on any atom is 0.277 e. The van der Waals surface area contributed by atoms with Crippen LogP contribution >= 0.6 is 11.8 Å². The Balaban J connectivity index is 1.49. The lowest BCUT2D eigenvalue weighted by molar-refractivity contribution is -0.120. The molecule has 0 saturated carbocycles. The van der Waals surface area contributed by atoms with Crippen molar-refractivity contribution in [1.82, 2.24) is 15.5 Å². The third-order valence-corrected chi connectivity index (χ3v) is 5.47. The Morgan fingerprint density at radius 3 is 2.50 bits per heavy atom. The van der Waals surface area contributed by atoms with Crippen molar-refractivity contribution in [3.63, 3.8) is 0 Å². The molecule has 3 rings (SSSR count). The van der Waals surface area contributed by atoms with Crippen LogP contribution in [-0.2, 0) is 17.8 Å². The number of hydrogen-bond donors (Lipinski definition) is 1. The summed E-state index contributed by atoms with van der Waals surface area (Å²) in [6.07, 6.45) is 0.672. The molecular formula is C22H25N3O2S. The van der Waals surface area contributed by atoms with Gasteiger partial charge in [-0.15, -0.1) is 10.2 Å². The molecule has 28 heavy (non-hydrogen) atoms. The fraction of sp³-hybridized carbons (Fsp3) is 0.318. The lowest BCUT2D eigenvalue weighted by Gasteiger charge is -2.10. The SMILES string of the molecule is Cc1ccc(CNC(=O)C(C)Sc2nnc(CC(C)c3ccccc3)o2)cc1. The van der Waals surface area contributed by atoms with Crippen LogP contribution in [0.5, 0.6) is 0 Å². The number of carbonyl (C=O) groups excluding carboxylic acids is 1. The number of carbonyl (C=O) groups is 1. The van der Waals surface area contributed by atoms with Crippen molar-refractivity contribution in [3.8, 4) is 0 Å². The molecule has 146 valence electrons. The molecule has 0 aliphatic carbocycles. The summed E-state index contributed by atoms with van der Waals surface area (Å²) >= 11 is 1.28. The quantitative estimate of drug-likeness (QED) is 0.568. The number of aromatic nitrogens is 2. The van der Waals surface area contributed by atoms with Crippen molar-refractivity contribution < 1.29 is 9.21 Å². The molecule has 2 aromatic carbocycles. The van der Waals surface area contributed by atoms with E-state index in [0.29, 0.717) is 24.1 Å². The Morgan fingerprint density at radius 1 is 1.07 bits per heavy atom. The van der Waals surface area contributed by atoms with E-state index in [2.05, 4.69) is 34.6 Å². The summed E-state index contributed by atoms with van der Waals surface area (Å²) < 4.78 is 5.73. The average Bonchev–Trinajstić information content (AvgIpc) is 3.14. The molecule has 1 heterocycles. The first kappa shape index (κ1) is 20.1. The molecule has 0 saturated heterocycles. The van der Waals surface area contributed by atoms with Crippen LogP contribution < -0.4 is 5.32 Å². The molecule has 2 unspecified atom stereocenters. The van der Waals surface area contributed by atoms with E-state index < -0.39 is 0 Å². The number of amides is 1. The van der Waals surface area contributed by atoms with Crippen molar-refractivity contribution in [1.29, 1.82) is 0 Å². The van der Waals surface area contributed by atoms with E-state index in [-0.39, 0.29) is 17.1 Å². The van der Waals surface area contributed by atoms with Crippen LogP contribution in [0.3, 0.4) is 0 Å². The fourth-order valence-corrected chi connectivity index (χ4v) is 3.50. The zero-order valence-electron chi connectivity index (χ0n) is 16.4. The second kappa shape index (κ2) is 9.55. The molecule has 3 aromatic rings. The number of benzene rings is 2. The van der Waals surface area contributed by atoms with Gasteiger partial charge in [0.1, 0.15) is 0 Å². The van der Waals surface area contributed by atoms with E-state index in [0.717, 1.165) is 5.56 Å². The Kier molecular flexibility index (Phi) is 6.87. The molecule has 5 nitrogen and oxygen atoms in total. The van der Waals surface area contributed by atoms with Gasteiger partial charge in [-0.1, -0.05) is 78.8 Å². The predicted molar refractivity (Wildman–Crippen MR) is 111 cm³/mol. The summed E-state index contributed by atoms with van der Waals surface area (Å²) in [5.41, 5.74) is 3.51. The number of aryl methyl sites for hydroxylation is 1. The predicted octanol–water partition coefficient (Wildman–Crippen LogP) is 4.52. The third kappa shape index (κ3) is 5.70. The molecular weight excluding hydrogens is 370 g/mol. The van der Waals surface area contributed by atoms with Gasteiger partial charge in [-0.3, -0.25) is 4.79 Å². The van der Waals surface area contributed by atoms with E-state index in [1.807, 2.05) is 56.3 Å². The normalized spacial score (nSPS) is 13.1. The Labute approximate surface area is 170 Å².